The molecule has 0 saturated carbocycles. The summed E-state index contributed by atoms with van der Waals surface area (Å²) in [6.45, 7) is 3.26. The van der Waals surface area contributed by atoms with Gasteiger partial charge < -0.3 is 9.80 Å². The van der Waals surface area contributed by atoms with Crippen molar-refractivity contribution in [3.05, 3.63) is 23.2 Å². The molecule has 3 aromatic rings. The fourth-order valence-electron chi connectivity index (χ4n) is 3.49. The van der Waals surface area contributed by atoms with E-state index in [2.05, 4.69) is 25.5 Å². The minimum atomic E-state index is -0.674. The quantitative estimate of drug-likeness (QED) is 0.657. The molecule has 0 bridgehead atoms. The lowest BCUT2D eigenvalue weighted by atomic mass is 10.1. The van der Waals surface area contributed by atoms with Crippen molar-refractivity contribution in [1.82, 2.24) is 25.1 Å². The Labute approximate surface area is 171 Å². The van der Waals surface area contributed by atoms with E-state index < -0.39 is 5.95 Å². The van der Waals surface area contributed by atoms with Crippen LogP contribution >= 0.6 is 11.3 Å². The van der Waals surface area contributed by atoms with E-state index in [0.717, 1.165) is 24.3 Å². The molecule has 4 rings (SSSR count). The number of carbonyl (C=O) groups excluding carboxylic acids is 1. The van der Waals surface area contributed by atoms with Crippen LogP contribution in [0.4, 0.5) is 20.7 Å². The Morgan fingerprint density at radius 1 is 1.21 bits per heavy atom. The van der Waals surface area contributed by atoms with Gasteiger partial charge in [0.2, 0.25) is 5.95 Å². The number of pyridine rings is 2. The Hall–Kier alpha value is -2.88. The zero-order chi connectivity index (χ0) is 20.5. The second kappa shape index (κ2) is 7.86. The number of aromatic nitrogens is 4. The zero-order valence-electron chi connectivity index (χ0n) is 16.6. The van der Waals surface area contributed by atoms with E-state index in [0.29, 0.717) is 34.9 Å². The summed E-state index contributed by atoms with van der Waals surface area (Å²) in [7, 11) is 3.67. The van der Waals surface area contributed by atoms with Crippen molar-refractivity contribution in [2.24, 2.45) is 0 Å². The molecule has 152 valence electrons. The van der Waals surface area contributed by atoms with E-state index in [1.54, 1.807) is 11.0 Å². The minimum Gasteiger partial charge on any atom is -0.374 e. The van der Waals surface area contributed by atoms with Gasteiger partial charge in [0.25, 0.3) is 0 Å². The molecule has 0 radical (unpaired) electrons. The first-order chi connectivity index (χ1) is 13.9. The van der Waals surface area contributed by atoms with Gasteiger partial charge in [0.15, 0.2) is 10.8 Å². The summed E-state index contributed by atoms with van der Waals surface area (Å²) in [6.07, 6.45) is 4.52. The van der Waals surface area contributed by atoms with Crippen molar-refractivity contribution in [3.8, 4) is 10.7 Å². The van der Waals surface area contributed by atoms with Crippen LogP contribution in [0, 0.1) is 12.9 Å². The van der Waals surface area contributed by atoms with Gasteiger partial charge in [-0.3, -0.25) is 10.3 Å². The fourth-order valence-corrected chi connectivity index (χ4v) is 4.15. The van der Waals surface area contributed by atoms with Crippen LogP contribution in [0.2, 0.25) is 0 Å². The van der Waals surface area contributed by atoms with Crippen molar-refractivity contribution >= 4 is 39.6 Å². The average molecular weight is 415 g/mol. The van der Waals surface area contributed by atoms with Gasteiger partial charge in [-0.05, 0) is 32.3 Å². The van der Waals surface area contributed by atoms with Gasteiger partial charge in [0.1, 0.15) is 10.7 Å². The van der Waals surface area contributed by atoms with Crippen LogP contribution in [0.15, 0.2) is 12.3 Å². The van der Waals surface area contributed by atoms with Crippen molar-refractivity contribution in [3.63, 3.8) is 0 Å². The van der Waals surface area contributed by atoms with Gasteiger partial charge >= 0.3 is 6.03 Å². The lowest BCUT2D eigenvalue weighted by Crippen LogP contribution is -2.39. The Balaban J connectivity index is 1.79. The number of urea groups is 1. The van der Waals surface area contributed by atoms with Crippen LogP contribution in [-0.2, 0) is 0 Å². The lowest BCUT2D eigenvalue weighted by Gasteiger charge is -2.28. The van der Waals surface area contributed by atoms with E-state index in [4.69, 9.17) is 0 Å². The molecule has 1 N–H and O–H groups in total. The predicted octanol–water partition coefficient (Wildman–Crippen LogP) is 3.68. The van der Waals surface area contributed by atoms with Gasteiger partial charge in [-0.25, -0.2) is 4.79 Å². The average Bonchev–Trinajstić information content (AvgIpc) is 3.14. The van der Waals surface area contributed by atoms with E-state index >= 15 is 0 Å². The summed E-state index contributed by atoms with van der Waals surface area (Å²) in [5.41, 5.74) is 1.22. The van der Waals surface area contributed by atoms with Crippen molar-refractivity contribution in [2.45, 2.75) is 26.2 Å². The van der Waals surface area contributed by atoms with Gasteiger partial charge in [-0.15, -0.1) is 10.2 Å². The third-order valence-corrected chi connectivity index (χ3v) is 5.74. The number of nitrogens with one attached hydrogen (secondary N) is 1. The number of hydrogen-bond acceptors (Lipinski definition) is 7. The second-order valence-corrected chi connectivity index (χ2v) is 8.40. The largest absolute Gasteiger partial charge is 0.374 e. The number of rotatable bonds is 3. The van der Waals surface area contributed by atoms with Crippen LogP contribution in [-0.4, -0.2) is 58.3 Å². The Morgan fingerprint density at radius 3 is 2.62 bits per heavy atom. The molecule has 0 aromatic carbocycles. The molecule has 1 aliphatic rings. The first kappa shape index (κ1) is 19.4. The first-order valence-electron chi connectivity index (χ1n) is 9.47. The van der Waals surface area contributed by atoms with E-state index in [9.17, 15) is 9.18 Å². The number of halogens is 1. The maximum Gasteiger partial charge on any atom is 0.323 e. The molecule has 2 amide bonds. The van der Waals surface area contributed by atoms with Gasteiger partial charge in [-0.1, -0.05) is 11.3 Å². The van der Waals surface area contributed by atoms with Crippen LogP contribution < -0.4 is 10.2 Å². The number of anilines is 2. The van der Waals surface area contributed by atoms with Crippen molar-refractivity contribution in [1.29, 1.82) is 0 Å². The van der Waals surface area contributed by atoms with Crippen LogP contribution in [0.3, 0.4) is 0 Å². The highest BCUT2D eigenvalue weighted by Crippen LogP contribution is 2.35. The normalized spacial score (nSPS) is 14.3. The molecule has 0 aliphatic carbocycles. The zero-order valence-corrected chi connectivity index (χ0v) is 17.4. The molecule has 0 spiro atoms. The van der Waals surface area contributed by atoms with Crippen LogP contribution in [0.25, 0.3) is 21.5 Å². The van der Waals surface area contributed by atoms with Crippen molar-refractivity contribution < 1.29 is 9.18 Å². The second-order valence-electron chi connectivity index (χ2n) is 7.21. The Kier molecular flexibility index (Phi) is 5.27. The summed E-state index contributed by atoms with van der Waals surface area (Å²) < 4.78 is 14.8. The molecule has 0 atom stereocenters. The monoisotopic (exact) mass is 415 g/mol. The third kappa shape index (κ3) is 3.84. The number of likely N-dealkylation sites (tertiary alicyclic amines) is 1. The fraction of sp³-hybridized carbons (Fsp3) is 0.421. The van der Waals surface area contributed by atoms with E-state index in [1.165, 1.54) is 17.5 Å². The van der Waals surface area contributed by atoms with Gasteiger partial charge in [0, 0.05) is 38.8 Å². The predicted molar refractivity (Wildman–Crippen MR) is 112 cm³/mol. The molecule has 8 nitrogen and oxygen atoms in total. The highest BCUT2D eigenvalue weighted by Gasteiger charge is 2.22. The van der Waals surface area contributed by atoms with Gasteiger partial charge in [0.05, 0.1) is 11.1 Å². The number of fused-ring (bicyclic) bond motifs is 1. The smallest absolute Gasteiger partial charge is 0.323 e. The molecule has 10 heteroatoms. The number of piperidine rings is 1. The maximum absolute atomic E-state index is 14.8. The maximum atomic E-state index is 14.8. The molecule has 4 heterocycles. The number of amides is 2. The molecule has 1 fully saturated rings. The summed E-state index contributed by atoms with van der Waals surface area (Å²) >= 11 is 1.42. The Bertz CT molecular complexity index is 1060. The number of hydrogen-bond donors (Lipinski definition) is 1. The summed E-state index contributed by atoms with van der Waals surface area (Å²) in [5, 5.41) is 13.3. The van der Waals surface area contributed by atoms with Gasteiger partial charge in [-0.2, -0.15) is 9.37 Å². The van der Waals surface area contributed by atoms with Crippen LogP contribution in [0.1, 0.15) is 24.3 Å². The molecule has 1 saturated heterocycles. The minimum absolute atomic E-state index is 0.196. The van der Waals surface area contributed by atoms with E-state index in [1.807, 2.05) is 25.9 Å². The number of nitrogens with zero attached hydrogens (tertiary/aromatic N) is 6. The molecule has 3 aromatic heterocycles. The summed E-state index contributed by atoms with van der Waals surface area (Å²) in [4.78, 5) is 24.6. The number of aryl methyl sites for hydroxylation is 1. The standard InChI is InChI=1S/C19H22FN7OS/c1-11-24-25-18(29-11)14-9-12-13(10-21-14)16(20)22-17(15(12)26(2)3)23-19(28)27-7-5-4-6-8-27/h9-10H,4-8H2,1-3H3,(H,22,23,28). The molecule has 1 aliphatic heterocycles. The topological polar surface area (TPSA) is 87.1 Å². The molecule has 29 heavy (non-hydrogen) atoms. The molecule has 0 unspecified atom stereocenters. The molecular formula is C19H22FN7OS. The molecular weight excluding hydrogens is 393 g/mol. The highest BCUT2D eigenvalue weighted by atomic mass is 32.1. The first-order valence-corrected chi connectivity index (χ1v) is 10.3. The van der Waals surface area contributed by atoms with Crippen LogP contribution in [0.5, 0.6) is 0 Å². The SMILES string of the molecule is Cc1nnc(-c2cc3c(N(C)C)c(NC(=O)N4CCCCC4)nc(F)c3cn2)s1. The van der Waals surface area contributed by atoms with E-state index in [-0.39, 0.29) is 17.2 Å². The summed E-state index contributed by atoms with van der Waals surface area (Å²) in [6, 6.07) is 1.51. The number of carbonyl (C=O) groups is 1. The summed E-state index contributed by atoms with van der Waals surface area (Å²) in [5.74, 6) is -0.479. The third-order valence-electron chi connectivity index (χ3n) is 4.88. The Morgan fingerprint density at radius 2 is 1.97 bits per heavy atom. The highest BCUT2D eigenvalue weighted by molar-refractivity contribution is 7.14. The lowest BCUT2D eigenvalue weighted by molar-refractivity contribution is 0.200. The van der Waals surface area contributed by atoms with Crippen molar-refractivity contribution in [2.75, 3.05) is 37.4 Å².